The maximum Gasteiger partial charge on any atom is 0.0725 e. The maximum atomic E-state index is 2.56. The van der Waals surface area contributed by atoms with Gasteiger partial charge >= 0.3 is 0 Å². The molecule has 0 saturated carbocycles. The molecule has 0 fully saturated rings. The summed E-state index contributed by atoms with van der Waals surface area (Å²) in [5, 5.41) is 9.97. The standard InChI is InChI=1S/C122H76N2/c1-3-23-93-85(19-1)21-17-37-115(93)123-117-35-15-9-29-103(117)105-71-87(63-69-119(105)123)81-51-43-77(44-52-81)39-41-79-47-55-83(56-48-79)89-59-65-99-101-67-61-91(75-113(101)121(111(99)73-89)107-31-11-5-25-95(107)96-26-6-12-32-108(96)121)92-62-68-102-100-66-60-90(74-112(100)122(114(102)76-92)109-33-13-7-27-97(109)98-28-8-14-34-110(98)122)84-57-49-80(50-58-84)42-40-78-45-53-82(54-46-78)88-64-70-120-106(72-88)104-30-10-16-36-118(104)124(120)116-38-18-22-86-20-2-4-24-94(86)116/h1-76H/b41-39+,42-40+. The number of fused-ring (bicyclic) bond motifs is 28. The Balaban J connectivity index is 0.500. The lowest BCUT2D eigenvalue weighted by Crippen LogP contribution is -2.26. The number of nitrogens with zero attached hydrogens (tertiary/aromatic N) is 2. The summed E-state index contributed by atoms with van der Waals surface area (Å²) >= 11 is 0. The van der Waals surface area contributed by atoms with E-state index in [1.54, 1.807) is 0 Å². The minimum atomic E-state index is -0.564. The van der Waals surface area contributed by atoms with Gasteiger partial charge in [-0.05, 0) is 250 Å². The number of hydrogen-bond acceptors (Lipinski definition) is 0. The normalized spacial score (nSPS) is 13.4. The van der Waals surface area contributed by atoms with E-state index in [9.17, 15) is 0 Å². The second kappa shape index (κ2) is 27.3. The Morgan fingerprint density at radius 1 is 0.153 bits per heavy atom. The van der Waals surface area contributed by atoms with Gasteiger partial charge in [0.25, 0.3) is 0 Å². The molecule has 0 N–H and O–H groups in total. The van der Waals surface area contributed by atoms with E-state index in [1.165, 1.54) is 221 Å². The van der Waals surface area contributed by atoms with E-state index >= 15 is 0 Å². The number of aromatic nitrogens is 2. The number of hydrogen-bond donors (Lipinski definition) is 0. The van der Waals surface area contributed by atoms with E-state index < -0.39 is 10.8 Å². The SMILES string of the molecule is C(=C\c1ccc(-c2ccc3c(c2)c2ccccc2n3-c2cccc3ccccc23)cc1)/c1ccc(-c2ccc3c(c2)C2(c4ccccc4-c4ccccc42)c2cc(-c4ccc5c(c4)C4(c6ccccc6-c6ccccc64)c4cc(-c6ccc(/C=C/c7ccc(-c8ccc9c(c8)c8ccccc8n9-c8cccc9ccccc89)cc7)cc6)ccc4-5)ccc2-3)cc1. The first-order chi connectivity index (χ1) is 61.4. The van der Waals surface area contributed by atoms with Gasteiger partial charge in [0.1, 0.15) is 0 Å². The molecule has 0 aliphatic heterocycles. The quantitative estimate of drug-likeness (QED) is 0.114. The molecule has 22 aromatic rings. The summed E-state index contributed by atoms with van der Waals surface area (Å²) in [6, 6.07) is 164. The van der Waals surface area contributed by atoms with Gasteiger partial charge in [0.15, 0.2) is 0 Å². The average molecular weight is 1570 g/mol. The van der Waals surface area contributed by atoms with Crippen molar-refractivity contribution >= 4 is 89.5 Å². The third-order valence-electron chi connectivity index (χ3n) is 27.8. The maximum absolute atomic E-state index is 2.56. The highest BCUT2D eigenvalue weighted by Crippen LogP contribution is 2.66. The third kappa shape index (κ3) is 10.4. The Morgan fingerprint density at radius 2 is 0.387 bits per heavy atom. The van der Waals surface area contributed by atoms with Gasteiger partial charge in [0.2, 0.25) is 0 Å². The van der Waals surface area contributed by atoms with E-state index in [0.29, 0.717) is 0 Å². The molecule has 4 aliphatic carbocycles. The van der Waals surface area contributed by atoms with Crippen LogP contribution in [-0.4, -0.2) is 9.13 Å². The van der Waals surface area contributed by atoms with Crippen molar-refractivity contribution in [3.05, 3.63) is 504 Å². The summed E-state index contributed by atoms with van der Waals surface area (Å²) in [5.41, 5.74) is 43.6. The zero-order valence-corrected chi connectivity index (χ0v) is 67.8. The summed E-state index contributed by atoms with van der Waals surface area (Å²) in [7, 11) is 0. The minimum absolute atomic E-state index is 0.564. The van der Waals surface area contributed by atoms with E-state index in [1.807, 2.05) is 0 Å². The average Bonchev–Trinajstić information content (AvgIpc) is 1.49. The van der Waals surface area contributed by atoms with Crippen molar-refractivity contribution in [3.63, 3.8) is 0 Å². The summed E-state index contributed by atoms with van der Waals surface area (Å²) in [6.07, 6.45) is 8.94. The molecule has 0 radical (unpaired) electrons. The van der Waals surface area contributed by atoms with Crippen LogP contribution in [0.5, 0.6) is 0 Å². The van der Waals surface area contributed by atoms with Gasteiger partial charge in [-0.3, -0.25) is 0 Å². The van der Waals surface area contributed by atoms with Crippen molar-refractivity contribution in [1.82, 2.24) is 9.13 Å². The molecule has 0 saturated heterocycles. The number of rotatable bonds is 11. The van der Waals surface area contributed by atoms with Crippen molar-refractivity contribution in [2.45, 2.75) is 10.8 Å². The first-order valence-electron chi connectivity index (χ1n) is 43.2. The molecule has 2 heterocycles. The molecule has 0 amide bonds. The van der Waals surface area contributed by atoms with Crippen LogP contribution in [0, 0.1) is 0 Å². The van der Waals surface area contributed by atoms with E-state index in [-0.39, 0.29) is 0 Å². The first kappa shape index (κ1) is 69.9. The molecular weight excluding hydrogens is 1490 g/mol. The van der Waals surface area contributed by atoms with Gasteiger partial charge in [-0.25, -0.2) is 0 Å². The van der Waals surface area contributed by atoms with E-state index in [4.69, 9.17) is 0 Å². The molecule has 20 aromatic carbocycles. The van der Waals surface area contributed by atoms with Crippen LogP contribution in [0.1, 0.15) is 66.8 Å². The van der Waals surface area contributed by atoms with Crippen LogP contribution < -0.4 is 0 Å². The molecule has 124 heavy (non-hydrogen) atoms. The molecule has 2 spiro atoms. The smallest absolute Gasteiger partial charge is 0.0725 e. The summed E-state index contributed by atoms with van der Waals surface area (Å²) < 4.78 is 4.86. The molecular formula is C122H76N2. The lowest BCUT2D eigenvalue weighted by atomic mass is 9.69. The predicted molar refractivity (Wildman–Crippen MR) is 521 cm³/mol. The highest BCUT2D eigenvalue weighted by molar-refractivity contribution is 6.14. The number of para-hydroxylation sites is 2. The van der Waals surface area contributed by atoms with Gasteiger partial charge in [0, 0.05) is 32.3 Å². The Morgan fingerprint density at radius 3 is 0.718 bits per heavy atom. The van der Waals surface area contributed by atoms with Crippen LogP contribution in [0.25, 0.3) is 201 Å². The van der Waals surface area contributed by atoms with Crippen molar-refractivity contribution in [1.29, 1.82) is 0 Å². The Kier molecular flexibility index (Phi) is 15.4. The van der Waals surface area contributed by atoms with Crippen LogP contribution >= 0.6 is 0 Å². The Hall–Kier alpha value is -16.0. The summed E-state index contributed by atoms with van der Waals surface area (Å²) in [6.45, 7) is 0. The molecule has 2 nitrogen and oxygen atoms in total. The second-order valence-electron chi connectivity index (χ2n) is 34.0. The van der Waals surface area contributed by atoms with E-state index in [0.717, 1.165) is 22.3 Å². The molecule has 574 valence electrons. The van der Waals surface area contributed by atoms with Crippen LogP contribution in [0.3, 0.4) is 0 Å². The van der Waals surface area contributed by atoms with Crippen LogP contribution in [0.4, 0.5) is 0 Å². The third-order valence-corrected chi connectivity index (χ3v) is 27.8. The van der Waals surface area contributed by atoms with Crippen molar-refractivity contribution < 1.29 is 0 Å². The molecule has 2 heteroatoms. The van der Waals surface area contributed by atoms with Gasteiger partial charge in [-0.15, -0.1) is 0 Å². The van der Waals surface area contributed by atoms with Gasteiger partial charge in [-0.1, -0.05) is 388 Å². The topological polar surface area (TPSA) is 9.86 Å². The monoisotopic (exact) mass is 1570 g/mol. The molecule has 0 atom stereocenters. The summed E-state index contributed by atoms with van der Waals surface area (Å²) in [5.74, 6) is 0. The second-order valence-corrected chi connectivity index (χ2v) is 34.0. The molecule has 0 bridgehead atoms. The van der Waals surface area contributed by atoms with Gasteiger partial charge < -0.3 is 9.13 Å². The van der Waals surface area contributed by atoms with Gasteiger partial charge in [-0.2, -0.15) is 0 Å². The van der Waals surface area contributed by atoms with Crippen molar-refractivity contribution in [2.24, 2.45) is 0 Å². The molecule has 0 unspecified atom stereocenters. The first-order valence-corrected chi connectivity index (χ1v) is 43.2. The van der Waals surface area contributed by atoms with E-state index in [2.05, 4.69) is 470 Å². The molecule has 26 rings (SSSR count). The van der Waals surface area contributed by atoms with Gasteiger partial charge in [0.05, 0.1) is 44.3 Å². The van der Waals surface area contributed by atoms with Crippen LogP contribution in [0.2, 0.25) is 0 Å². The molecule has 4 aliphatic rings. The fourth-order valence-corrected chi connectivity index (χ4v) is 22.2. The highest BCUT2D eigenvalue weighted by Gasteiger charge is 2.54. The van der Waals surface area contributed by atoms with Crippen molar-refractivity contribution in [2.75, 3.05) is 0 Å². The lowest BCUT2D eigenvalue weighted by molar-refractivity contribution is 0.793. The highest BCUT2D eigenvalue weighted by atomic mass is 15.0. The van der Waals surface area contributed by atoms with Crippen LogP contribution in [0.15, 0.2) is 437 Å². The van der Waals surface area contributed by atoms with Crippen molar-refractivity contribution in [3.8, 4) is 112 Å². The Labute approximate surface area is 719 Å². The fraction of sp³-hybridized carbons (Fsp3) is 0.0164. The minimum Gasteiger partial charge on any atom is -0.309 e. The predicted octanol–water partition coefficient (Wildman–Crippen LogP) is 31.6. The summed E-state index contributed by atoms with van der Waals surface area (Å²) in [4.78, 5) is 0. The zero-order chi connectivity index (χ0) is 81.3. The largest absolute Gasteiger partial charge is 0.309 e. The Bertz CT molecular complexity index is 7730. The molecule has 2 aromatic heterocycles. The number of benzene rings is 20. The lowest BCUT2D eigenvalue weighted by Gasteiger charge is -2.31. The fourth-order valence-electron chi connectivity index (χ4n) is 22.2. The van der Waals surface area contributed by atoms with Crippen LogP contribution in [-0.2, 0) is 10.8 Å². The zero-order valence-electron chi connectivity index (χ0n) is 67.8.